The molecule has 3 heterocycles. The lowest BCUT2D eigenvalue weighted by molar-refractivity contribution is 0.601. The van der Waals surface area contributed by atoms with Crippen molar-refractivity contribution < 1.29 is 8.42 Å². The van der Waals surface area contributed by atoms with Crippen LogP contribution in [-0.2, 0) is 10.0 Å². The largest absolute Gasteiger partial charge is 0.306 e. The number of fused-ring (bicyclic) bond motifs is 1. The Balaban J connectivity index is 1.41. The van der Waals surface area contributed by atoms with E-state index >= 15 is 0 Å². The van der Waals surface area contributed by atoms with Gasteiger partial charge in [-0.15, -0.1) is 0 Å². The Labute approximate surface area is 173 Å². The summed E-state index contributed by atoms with van der Waals surface area (Å²) >= 11 is 0. The lowest BCUT2D eigenvalue weighted by Gasteiger charge is -2.10. The summed E-state index contributed by atoms with van der Waals surface area (Å²) in [5.74, 6) is 0. The molecule has 0 spiro atoms. The second kappa shape index (κ2) is 7.16. The first-order valence-electron chi connectivity index (χ1n) is 9.26. The summed E-state index contributed by atoms with van der Waals surface area (Å²) in [6.07, 6.45) is 7.30. The van der Waals surface area contributed by atoms with Crippen LogP contribution in [0.25, 0.3) is 22.6 Å². The smallest absolute Gasteiger partial charge is 0.261 e. The number of rotatable bonds is 5. The van der Waals surface area contributed by atoms with E-state index in [0.717, 1.165) is 22.6 Å². The molecule has 0 aliphatic carbocycles. The molecule has 5 aromatic rings. The maximum Gasteiger partial charge on any atom is 0.261 e. The highest BCUT2D eigenvalue weighted by molar-refractivity contribution is 7.92. The molecule has 7 nitrogen and oxygen atoms in total. The highest BCUT2D eigenvalue weighted by atomic mass is 32.2. The Morgan fingerprint density at radius 2 is 1.73 bits per heavy atom. The summed E-state index contributed by atoms with van der Waals surface area (Å²) in [7, 11) is -3.73. The average Bonchev–Trinajstić information content (AvgIpc) is 3.44. The van der Waals surface area contributed by atoms with Gasteiger partial charge in [-0.2, -0.15) is 5.10 Å². The van der Waals surface area contributed by atoms with Crippen LogP contribution in [0.4, 0.5) is 5.69 Å². The number of hydrogen-bond donors (Lipinski definition) is 1. The highest BCUT2D eigenvalue weighted by Gasteiger charge is 2.15. The predicted octanol–water partition coefficient (Wildman–Crippen LogP) is 3.99. The summed E-state index contributed by atoms with van der Waals surface area (Å²) in [6, 6.07) is 21.3. The van der Waals surface area contributed by atoms with Gasteiger partial charge in [0.1, 0.15) is 5.65 Å². The van der Waals surface area contributed by atoms with Crippen molar-refractivity contribution in [3.05, 3.63) is 97.6 Å². The van der Waals surface area contributed by atoms with Crippen molar-refractivity contribution in [2.75, 3.05) is 4.72 Å². The van der Waals surface area contributed by atoms with Gasteiger partial charge in [0.15, 0.2) is 0 Å². The Morgan fingerprint density at radius 1 is 0.867 bits per heavy atom. The fraction of sp³-hybridized carbons (Fsp3) is 0. The van der Waals surface area contributed by atoms with E-state index in [4.69, 9.17) is 0 Å². The van der Waals surface area contributed by atoms with Crippen molar-refractivity contribution in [2.45, 2.75) is 4.90 Å². The quantitative estimate of drug-likeness (QED) is 0.471. The molecule has 0 aliphatic rings. The minimum absolute atomic E-state index is 0.177. The molecule has 0 saturated carbocycles. The molecule has 8 heteroatoms. The SMILES string of the molecule is O=S(=O)(Nc1cccc(-c2cn3ccccc3n2)c1)c1ccc(-n2cccn2)cc1. The minimum atomic E-state index is -3.73. The van der Waals surface area contributed by atoms with Crippen molar-refractivity contribution in [2.24, 2.45) is 0 Å². The highest BCUT2D eigenvalue weighted by Crippen LogP contribution is 2.24. The summed E-state index contributed by atoms with van der Waals surface area (Å²) < 4.78 is 31.9. The van der Waals surface area contributed by atoms with Crippen LogP contribution in [-0.4, -0.2) is 27.6 Å². The van der Waals surface area contributed by atoms with E-state index < -0.39 is 10.0 Å². The second-order valence-electron chi connectivity index (χ2n) is 6.72. The molecule has 2 aromatic carbocycles. The van der Waals surface area contributed by atoms with Crippen LogP contribution in [0, 0.1) is 0 Å². The van der Waals surface area contributed by atoms with Gasteiger partial charge in [-0.1, -0.05) is 18.2 Å². The number of nitrogens with one attached hydrogen (secondary N) is 1. The normalized spacial score (nSPS) is 11.6. The Kier molecular flexibility index (Phi) is 4.33. The van der Waals surface area contributed by atoms with E-state index in [0.29, 0.717) is 5.69 Å². The Hall–Kier alpha value is -3.91. The number of benzene rings is 2. The van der Waals surface area contributed by atoms with Gasteiger partial charge in [-0.25, -0.2) is 18.1 Å². The summed E-state index contributed by atoms with van der Waals surface area (Å²) in [6.45, 7) is 0. The van der Waals surface area contributed by atoms with Crippen LogP contribution in [0.15, 0.2) is 102 Å². The van der Waals surface area contributed by atoms with E-state index in [2.05, 4.69) is 14.8 Å². The molecule has 148 valence electrons. The van der Waals surface area contributed by atoms with Gasteiger partial charge in [0.25, 0.3) is 10.0 Å². The summed E-state index contributed by atoms with van der Waals surface area (Å²) in [5.41, 5.74) is 3.68. The van der Waals surface area contributed by atoms with E-state index in [9.17, 15) is 8.42 Å². The monoisotopic (exact) mass is 415 g/mol. The average molecular weight is 415 g/mol. The summed E-state index contributed by atoms with van der Waals surface area (Å²) in [4.78, 5) is 4.77. The van der Waals surface area contributed by atoms with E-state index in [1.165, 1.54) is 0 Å². The molecule has 1 N–H and O–H groups in total. The lowest BCUT2D eigenvalue weighted by atomic mass is 10.1. The van der Waals surface area contributed by atoms with Crippen molar-refractivity contribution in [3.8, 4) is 16.9 Å². The third-order valence-electron chi connectivity index (χ3n) is 4.69. The zero-order valence-corrected chi connectivity index (χ0v) is 16.6. The summed E-state index contributed by atoms with van der Waals surface area (Å²) in [5, 5.41) is 4.14. The van der Waals surface area contributed by atoms with Gasteiger partial charge in [0.2, 0.25) is 0 Å². The number of hydrogen-bond acceptors (Lipinski definition) is 4. The molecular weight excluding hydrogens is 398 g/mol. The van der Waals surface area contributed by atoms with Crippen molar-refractivity contribution in [1.29, 1.82) is 0 Å². The van der Waals surface area contributed by atoms with Crippen LogP contribution in [0.2, 0.25) is 0 Å². The molecule has 0 bridgehead atoms. The molecule has 0 atom stereocenters. The van der Waals surface area contributed by atoms with Crippen molar-refractivity contribution in [1.82, 2.24) is 19.2 Å². The fourth-order valence-electron chi connectivity index (χ4n) is 3.23. The van der Waals surface area contributed by atoms with Gasteiger partial charge in [0, 0.05) is 36.0 Å². The van der Waals surface area contributed by atoms with Crippen molar-refractivity contribution in [3.63, 3.8) is 0 Å². The zero-order chi connectivity index (χ0) is 20.6. The first-order valence-corrected chi connectivity index (χ1v) is 10.7. The molecule has 0 aliphatic heterocycles. The third-order valence-corrected chi connectivity index (χ3v) is 6.09. The van der Waals surface area contributed by atoms with Crippen LogP contribution >= 0.6 is 0 Å². The van der Waals surface area contributed by atoms with Crippen LogP contribution < -0.4 is 4.72 Å². The van der Waals surface area contributed by atoms with Crippen molar-refractivity contribution >= 4 is 21.4 Å². The van der Waals surface area contributed by atoms with Gasteiger partial charge >= 0.3 is 0 Å². The van der Waals surface area contributed by atoms with Gasteiger partial charge in [0.05, 0.1) is 16.3 Å². The molecule has 0 radical (unpaired) electrons. The number of aromatic nitrogens is 4. The van der Waals surface area contributed by atoms with E-state index in [1.54, 1.807) is 59.5 Å². The number of anilines is 1. The second-order valence-corrected chi connectivity index (χ2v) is 8.41. The zero-order valence-electron chi connectivity index (χ0n) is 15.8. The Morgan fingerprint density at radius 3 is 2.50 bits per heavy atom. The van der Waals surface area contributed by atoms with Crippen LogP contribution in [0.5, 0.6) is 0 Å². The van der Waals surface area contributed by atoms with Gasteiger partial charge in [-0.3, -0.25) is 4.72 Å². The van der Waals surface area contributed by atoms with E-state index in [-0.39, 0.29) is 4.90 Å². The maximum absolute atomic E-state index is 12.8. The molecular formula is C22H17N5O2S. The van der Waals surface area contributed by atoms with Crippen LogP contribution in [0.3, 0.4) is 0 Å². The molecule has 0 unspecified atom stereocenters. The molecule has 0 amide bonds. The topological polar surface area (TPSA) is 81.3 Å². The van der Waals surface area contributed by atoms with Crippen LogP contribution in [0.1, 0.15) is 0 Å². The Bertz CT molecular complexity index is 1390. The number of pyridine rings is 1. The fourth-order valence-corrected chi connectivity index (χ4v) is 4.28. The molecule has 3 aromatic heterocycles. The predicted molar refractivity (Wildman–Crippen MR) is 115 cm³/mol. The molecule has 0 fully saturated rings. The standard InChI is InChI=1S/C22H17N5O2S/c28-30(29,20-10-8-19(9-11-20)27-14-4-12-23-27)25-18-6-3-5-17(15-18)21-16-26-13-2-1-7-22(26)24-21/h1-16,25H. The maximum atomic E-state index is 12.8. The van der Waals surface area contributed by atoms with Gasteiger partial charge < -0.3 is 4.40 Å². The number of sulfonamides is 1. The molecule has 0 saturated heterocycles. The molecule has 30 heavy (non-hydrogen) atoms. The van der Waals surface area contributed by atoms with E-state index in [1.807, 2.05) is 47.1 Å². The third kappa shape index (κ3) is 3.44. The lowest BCUT2D eigenvalue weighted by Crippen LogP contribution is -2.13. The molecule has 5 rings (SSSR count). The number of imidazole rings is 1. The van der Waals surface area contributed by atoms with Gasteiger partial charge in [-0.05, 0) is 54.6 Å². The number of nitrogens with zero attached hydrogens (tertiary/aromatic N) is 4. The minimum Gasteiger partial charge on any atom is -0.306 e. The first-order chi connectivity index (χ1) is 14.6. The first kappa shape index (κ1) is 18.1.